The molecule has 0 fully saturated rings. The van der Waals surface area contributed by atoms with Crippen LogP contribution in [0.5, 0.6) is 5.75 Å². The van der Waals surface area contributed by atoms with Gasteiger partial charge >= 0.3 is 10.1 Å². The highest BCUT2D eigenvalue weighted by molar-refractivity contribution is 7.87. The van der Waals surface area contributed by atoms with Gasteiger partial charge in [-0.05, 0) is 69.0 Å². The van der Waals surface area contributed by atoms with Gasteiger partial charge in [0.1, 0.15) is 10.6 Å². The standard InChI is InChI=1S/C17H20O3S/c1-11-6-7-16(14(4)8-11)20-21(18,19)17-10-13(3)12(2)9-15(17)5/h6-10H,1-5H3. The molecular weight excluding hydrogens is 284 g/mol. The summed E-state index contributed by atoms with van der Waals surface area (Å²) in [5.41, 5.74) is 4.57. The zero-order chi connectivity index (χ0) is 15.8. The maximum atomic E-state index is 12.5. The third kappa shape index (κ3) is 3.27. The van der Waals surface area contributed by atoms with Gasteiger partial charge in [0.15, 0.2) is 0 Å². The van der Waals surface area contributed by atoms with Crippen LogP contribution in [-0.4, -0.2) is 8.42 Å². The van der Waals surface area contributed by atoms with Crippen molar-refractivity contribution < 1.29 is 12.6 Å². The monoisotopic (exact) mass is 304 g/mol. The molecule has 2 aromatic carbocycles. The van der Waals surface area contributed by atoms with Crippen LogP contribution < -0.4 is 4.18 Å². The molecule has 0 aliphatic heterocycles. The van der Waals surface area contributed by atoms with Crippen LogP contribution in [0.4, 0.5) is 0 Å². The molecule has 0 spiro atoms. The summed E-state index contributed by atoms with van der Waals surface area (Å²) in [7, 11) is -3.82. The molecule has 0 bridgehead atoms. The van der Waals surface area contributed by atoms with E-state index in [0.717, 1.165) is 22.3 Å². The summed E-state index contributed by atoms with van der Waals surface area (Å²) in [5, 5.41) is 0. The van der Waals surface area contributed by atoms with E-state index in [4.69, 9.17) is 4.18 Å². The van der Waals surface area contributed by atoms with Crippen molar-refractivity contribution in [1.82, 2.24) is 0 Å². The Labute approximate surface area is 126 Å². The van der Waals surface area contributed by atoms with Gasteiger partial charge in [-0.25, -0.2) is 0 Å². The van der Waals surface area contributed by atoms with Crippen molar-refractivity contribution in [3.63, 3.8) is 0 Å². The van der Waals surface area contributed by atoms with Gasteiger partial charge in [-0.2, -0.15) is 8.42 Å². The second-order valence-electron chi connectivity index (χ2n) is 5.51. The quantitative estimate of drug-likeness (QED) is 0.805. The van der Waals surface area contributed by atoms with Crippen molar-refractivity contribution in [2.45, 2.75) is 39.5 Å². The number of benzene rings is 2. The maximum Gasteiger partial charge on any atom is 0.339 e. The Morgan fingerprint density at radius 2 is 1.38 bits per heavy atom. The Morgan fingerprint density at radius 3 is 2.00 bits per heavy atom. The predicted octanol–water partition coefficient (Wildman–Crippen LogP) is 4.00. The molecule has 3 nitrogen and oxygen atoms in total. The first-order valence-electron chi connectivity index (χ1n) is 6.80. The van der Waals surface area contributed by atoms with E-state index < -0.39 is 10.1 Å². The summed E-state index contributed by atoms with van der Waals surface area (Å²) in [6, 6.07) is 8.97. The molecule has 21 heavy (non-hydrogen) atoms. The topological polar surface area (TPSA) is 43.4 Å². The highest BCUT2D eigenvalue weighted by Gasteiger charge is 2.21. The molecule has 0 atom stereocenters. The van der Waals surface area contributed by atoms with Crippen molar-refractivity contribution >= 4 is 10.1 Å². The molecule has 0 radical (unpaired) electrons. The van der Waals surface area contributed by atoms with Crippen molar-refractivity contribution in [3.8, 4) is 5.75 Å². The van der Waals surface area contributed by atoms with E-state index in [0.29, 0.717) is 11.3 Å². The van der Waals surface area contributed by atoms with Crippen LogP contribution in [0.15, 0.2) is 35.2 Å². The van der Waals surface area contributed by atoms with Gasteiger partial charge in [0.25, 0.3) is 0 Å². The minimum absolute atomic E-state index is 0.227. The third-order valence-corrected chi connectivity index (χ3v) is 4.97. The molecule has 2 aromatic rings. The molecule has 0 aromatic heterocycles. The zero-order valence-corrected chi connectivity index (χ0v) is 13.8. The van der Waals surface area contributed by atoms with Crippen LogP contribution >= 0.6 is 0 Å². The first kappa shape index (κ1) is 15.6. The van der Waals surface area contributed by atoms with Crippen LogP contribution in [0.1, 0.15) is 27.8 Å². The number of hydrogen-bond acceptors (Lipinski definition) is 3. The first-order chi connectivity index (χ1) is 9.70. The molecule has 0 saturated carbocycles. The lowest BCUT2D eigenvalue weighted by atomic mass is 10.1. The van der Waals surface area contributed by atoms with Gasteiger partial charge in [-0.15, -0.1) is 0 Å². The fourth-order valence-electron chi connectivity index (χ4n) is 2.26. The Morgan fingerprint density at radius 1 is 0.762 bits per heavy atom. The molecule has 4 heteroatoms. The van der Waals surface area contributed by atoms with E-state index in [1.54, 1.807) is 19.1 Å². The average molecular weight is 304 g/mol. The molecule has 0 aliphatic rings. The molecule has 0 amide bonds. The summed E-state index contributed by atoms with van der Waals surface area (Å²) in [6.07, 6.45) is 0. The largest absolute Gasteiger partial charge is 0.379 e. The normalized spacial score (nSPS) is 11.5. The summed E-state index contributed by atoms with van der Waals surface area (Å²) in [5.74, 6) is 0.373. The Kier molecular flexibility index (Phi) is 4.10. The van der Waals surface area contributed by atoms with Crippen molar-refractivity contribution in [1.29, 1.82) is 0 Å². The fraction of sp³-hybridized carbons (Fsp3) is 0.294. The molecule has 0 heterocycles. The molecule has 2 rings (SSSR count). The SMILES string of the molecule is Cc1ccc(OS(=O)(=O)c2cc(C)c(C)cc2C)c(C)c1. The Bertz CT molecular complexity index is 790. The van der Waals surface area contributed by atoms with E-state index in [-0.39, 0.29) is 4.90 Å². The summed E-state index contributed by atoms with van der Waals surface area (Å²) in [4.78, 5) is 0.227. The minimum atomic E-state index is -3.82. The van der Waals surface area contributed by atoms with E-state index in [1.165, 1.54) is 0 Å². The van der Waals surface area contributed by atoms with Gasteiger partial charge in [0, 0.05) is 0 Å². The fourth-order valence-corrected chi connectivity index (χ4v) is 3.55. The maximum absolute atomic E-state index is 12.5. The Hall–Kier alpha value is -1.81. The van der Waals surface area contributed by atoms with E-state index in [9.17, 15) is 8.42 Å². The summed E-state index contributed by atoms with van der Waals surface area (Å²) < 4.78 is 30.3. The smallest absolute Gasteiger partial charge is 0.339 e. The molecule has 0 saturated heterocycles. The second kappa shape index (κ2) is 5.53. The summed E-state index contributed by atoms with van der Waals surface area (Å²) >= 11 is 0. The van der Waals surface area contributed by atoms with E-state index >= 15 is 0 Å². The van der Waals surface area contributed by atoms with Gasteiger partial charge in [-0.1, -0.05) is 23.8 Å². The second-order valence-corrected chi connectivity index (χ2v) is 7.02. The highest BCUT2D eigenvalue weighted by atomic mass is 32.2. The molecule has 112 valence electrons. The highest BCUT2D eigenvalue weighted by Crippen LogP contribution is 2.26. The van der Waals surface area contributed by atoms with Crippen LogP contribution in [0.2, 0.25) is 0 Å². The van der Waals surface area contributed by atoms with Crippen molar-refractivity contribution in [3.05, 3.63) is 58.1 Å². The zero-order valence-electron chi connectivity index (χ0n) is 13.0. The lowest BCUT2D eigenvalue weighted by Gasteiger charge is -2.13. The predicted molar refractivity (Wildman–Crippen MR) is 84.4 cm³/mol. The summed E-state index contributed by atoms with van der Waals surface area (Å²) in [6.45, 7) is 9.43. The number of rotatable bonds is 3. The molecular formula is C17H20O3S. The third-order valence-electron chi connectivity index (χ3n) is 3.59. The van der Waals surface area contributed by atoms with Crippen LogP contribution in [0.25, 0.3) is 0 Å². The van der Waals surface area contributed by atoms with Crippen LogP contribution in [-0.2, 0) is 10.1 Å². The lowest BCUT2D eigenvalue weighted by Crippen LogP contribution is -2.12. The van der Waals surface area contributed by atoms with Gasteiger partial charge < -0.3 is 4.18 Å². The van der Waals surface area contributed by atoms with Crippen LogP contribution in [0, 0.1) is 34.6 Å². The van der Waals surface area contributed by atoms with Crippen molar-refractivity contribution in [2.75, 3.05) is 0 Å². The number of aryl methyl sites for hydroxylation is 5. The molecule has 0 unspecified atom stereocenters. The first-order valence-corrected chi connectivity index (χ1v) is 8.21. The van der Waals surface area contributed by atoms with Gasteiger partial charge in [0.2, 0.25) is 0 Å². The van der Waals surface area contributed by atoms with E-state index in [2.05, 4.69) is 0 Å². The van der Waals surface area contributed by atoms with Crippen LogP contribution in [0.3, 0.4) is 0 Å². The minimum Gasteiger partial charge on any atom is -0.379 e. The van der Waals surface area contributed by atoms with Gasteiger partial charge in [0.05, 0.1) is 0 Å². The molecule has 0 aliphatic carbocycles. The van der Waals surface area contributed by atoms with Crippen molar-refractivity contribution in [2.24, 2.45) is 0 Å². The van der Waals surface area contributed by atoms with Gasteiger partial charge in [-0.3, -0.25) is 0 Å². The molecule has 0 N–H and O–H groups in total. The average Bonchev–Trinajstić information content (AvgIpc) is 2.37. The lowest BCUT2D eigenvalue weighted by molar-refractivity contribution is 0.483. The van der Waals surface area contributed by atoms with E-state index in [1.807, 2.05) is 45.9 Å². The Balaban J connectivity index is 2.46. The number of hydrogen-bond donors (Lipinski definition) is 0.